The molecule has 9 heteroatoms. The fourth-order valence-electron chi connectivity index (χ4n) is 3.62. The molecule has 0 aliphatic heterocycles. The van der Waals surface area contributed by atoms with E-state index in [0.29, 0.717) is 54.8 Å². The van der Waals surface area contributed by atoms with Crippen molar-refractivity contribution in [2.24, 2.45) is 0 Å². The number of ether oxygens (including phenoxy) is 2. The highest BCUT2D eigenvalue weighted by atomic mass is 35.5. The van der Waals surface area contributed by atoms with Crippen LogP contribution >= 0.6 is 11.6 Å². The lowest BCUT2D eigenvalue weighted by Crippen LogP contribution is -2.13. The van der Waals surface area contributed by atoms with E-state index in [-0.39, 0.29) is 18.2 Å². The van der Waals surface area contributed by atoms with Gasteiger partial charge in [0.25, 0.3) is 0 Å². The zero-order chi connectivity index (χ0) is 25.3. The van der Waals surface area contributed by atoms with Crippen LogP contribution < -0.4 is 15.2 Å². The molecular weight excluding hydrogens is 484 g/mol. The maximum Gasteiger partial charge on any atom is 0.422 e. The van der Waals surface area contributed by atoms with Crippen molar-refractivity contribution in [3.63, 3.8) is 0 Å². The molecule has 188 valence electrons. The van der Waals surface area contributed by atoms with Gasteiger partial charge in [0.2, 0.25) is 11.8 Å². The average Bonchev–Trinajstić information content (AvgIpc) is 3.47. The Hall–Kier alpha value is -3.91. The first-order chi connectivity index (χ1) is 17.6. The van der Waals surface area contributed by atoms with Gasteiger partial charge >= 0.3 is 5.76 Å². The van der Waals surface area contributed by atoms with E-state index in [0.717, 1.165) is 11.1 Å². The summed E-state index contributed by atoms with van der Waals surface area (Å²) in [5.74, 6) is 1.50. The van der Waals surface area contributed by atoms with E-state index in [1.807, 2.05) is 54.6 Å². The number of oxazole rings is 2. The predicted octanol–water partition coefficient (Wildman–Crippen LogP) is 5.31. The van der Waals surface area contributed by atoms with Crippen molar-refractivity contribution in [2.75, 3.05) is 13.0 Å². The Kier molecular flexibility index (Phi) is 8.52. The van der Waals surface area contributed by atoms with Gasteiger partial charge < -0.3 is 23.4 Å². The van der Waals surface area contributed by atoms with Crippen LogP contribution in [-0.2, 0) is 26.0 Å². The van der Waals surface area contributed by atoms with Gasteiger partial charge in [0, 0.05) is 24.9 Å². The topological polar surface area (TPSA) is 99.9 Å². The van der Waals surface area contributed by atoms with Gasteiger partial charge in [-0.3, -0.25) is 0 Å². The van der Waals surface area contributed by atoms with E-state index >= 15 is 0 Å². The fraction of sp³-hybridized carbons (Fsp3) is 0.259. The number of aryl methyl sites for hydroxylation is 2. The standard InChI is InChI=1S/C27H27ClN2O6/c1-33-22-11-8-20(9-12-23-26(31)30(15-5-14-28)27(32)36-23)16-24(22)34-17-21-18-35-25(29-21)13-10-19-6-3-2-4-7-19/h2-4,6-8,10-11,13,16,18,31H,5,9,12,14-15,17H2,1H3. The summed E-state index contributed by atoms with van der Waals surface area (Å²) in [4.78, 5) is 16.4. The molecule has 0 fully saturated rings. The van der Waals surface area contributed by atoms with Crippen molar-refractivity contribution in [3.8, 4) is 17.4 Å². The maximum atomic E-state index is 12.0. The summed E-state index contributed by atoms with van der Waals surface area (Å²) in [6.45, 7) is 0.506. The highest BCUT2D eigenvalue weighted by Crippen LogP contribution is 2.30. The van der Waals surface area contributed by atoms with Crippen LogP contribution in [0.15, 0.2) is 68.4 Å². The molecule has 0 radical (unpaired) electrons. The minimum Gasteiger partial charge on any atom is -0.493 e. The monoisotopic (exact) mass is 510 g/mol. The lowest BCUT2D eigenvalue weighted by atomic mass is 10.1. The molecule has 0 spiro atoms. The summed E-state index contributed by atoms with van der Waals surface area (Å²) in [5, 5.41) is 10.3. The minimum absolute atomic E-state index is 0.154. The number of benzene rings is 2. The number of halogens is 1. The molecule has 4 aromatic rings. The van der Waals surface area contributed by atoms with E-state index < -0.39 is 5.76 Å². The molecule has 0 bridgehead atoms. The lowest BCUT2D eigenvalue weighted by Gasteiger charge is -2.11. The van der Waals surface area contributed by atoms with Gasteiger partial charge in [0.05, 0.1) is 7.11 Å². The molecule has 0 aliphatic carbocycles. The maximum absolute atomic E-state index is 12.0. The first-order valence-corrected chi connectivity index (χ1v) is 12.1. The Balaban J connectivity index is 1.39. The Labute approximate surface area is 213 Å². The third kappa shape index (κ3) is 6.40. The number of aromatic nitrogens is 2. The van der Waals surface area contributed by atoms with Crippen LogP contribution in [0, 0.1) is 0 Å². The number of nitrogens with zero attached hydrogens (tertiary/aromatic N) is 2. The van der Waals surface area contributed by atoms with Crippen molar-refractivity contribution in [1.82, 2.24) is 9.55 Å². The molecule has 2 heterocycles. The molecule has 1 N–H and O–H groups in total. The number of hydrogen-bond acceptors (Lipinski definition) is 7. The fourth-order valence-corrected chi connectivity index (χ4v) is 3.74. The smallest absolute Gasteiger partial charge is 0.422 e. The van der Waals surface area contributed by atoms with E-state index in [1.165, 1.54) is 4.57 Å². The van der Waals surface area contributed by atoms with Gasteiger partial charge in [-0.05, 0) is 42.2 Å². The van der Waals surface area contributed by atoms with Gasteiger partial charge in [-0.25, -0.2) is 14.3 Å². The van der Waals surface area contributed by atoms with Crippen molar-refractivity contribution < 1.29 is 23.4 Å². The quantitative estimate of drug-likeness (QED) is 0.258. The largest absolute Gasteiger partial charge is 0.493 e. The number of alkyl halides is 1. The number of methoxy groups -OCH3 is 1. The molecular formula is C27H27ClN2O6. The summed E-state index contributed by atoms with van der Waals surface area (Å²) < 4.78 is 23.3. The lowest BCUT2D eigenvalue weighted by molar-refractivity contribution is 0.280. The molecule has 0 saturated carbocycles. The normalized spacial score (nSPS) is 11.3. The molecule has 0 atom stereocenters. The van der Waals surface area contributed by atoms with E-state index in [1.54, 1.807) is 19.4 Å². The Bertz CT molecular complexity index is 1360. The molecule has 36 heavy (non-hydrogen) atoms. The molecule has 2 aromatic carbocycles. The second kappa shape index (κ2) is 12.2. The molecule has 8 nitrogen and oxygen atoms in total. The molecule has 2 aromatic heterocycles. The van der Waals surface area contributed by atoms with Gasteiger partial charge in [-0.2, -0.15) is 0 Å². The summed E-state index contributed by atoms with van der Waals surface area (Å²) in [6, 6.07) is 15.4. The highest BCUT2D eigenvalue weighted by Gasteiger charge is 2.16. The van der Waals surface area contributed by atoms with E-state index in [2.05, 4.69) is 4.98 Å². The van der Waals surface area contributed by atoms with Crippen molar-refractivity contribution >= 4 is 23.8 Å². The molecule has 0 unspecified atom stereocenters. The Morgan fingerprint density at radius 3 is 2.72 bits per heavy atom. The van der Waals surface area contributed by atoms with Crippen molar-refractivity contribution in [3.05, 3.63) is 93.8 Å². The first kappa shape index (κ1) is 25.2. The van der Waals surface area contributed by atoms with Gasteiger partial charge in [0.1, 0.15) is 18.6 Å². The SMILES string of the molecule is COc1ccc(CCc2oc(=O)n(CCCCl)c2O)cc1OCc1coc(C=Cc2ccccc2)n1. The van der Waals surface area contributed by atoms with Crippen LogP contribution in [0.2, 0.25) is 0 Å². The predicted molar refractivity (Wildman–Crippen MR) is 137 cm³/mol. The average molecular weight is 511 g/mol. The van der Waals surface area contributed by atoms with Crippen LogP contribution in [0.5, 0.6) is 17.4 Å². The second-order valence-corrected chi connectivity index (χ2v) is 8.38. The molecule has 0 saturated heterocycles. The Morgan fingerprint density at radius 2 is 1.94 bits per heavy atom. The summed E-state index contributed by atoms with van der Waals surface area (Å²) in [6.07, 6.45) is 6.71. The van der Waals surface area contributed by atoms with Gasteiger partial charge in [0.15, 0.2) is 17.3 Å². The minimum atomic E-state index is -0.586. The Morgan fingerprint density at radius 1 is 1.11 bits per heavy atom. The van der Waals surface area contributed by atoms with Crippen LogP contribution in [0.4, 0.5) is 0 Å². The van der Waals surface area contributed by atoms with E-state index in [4.69, 9.17) is 29.9 Å². The number of hydrogen-bond donors (Lipinski definition) is 1. The summed E-state index contributed by atoms with van der Waals surface area (Å²) in [5.41, 5.74) is 2.61. The number of rotatable bonds is 12. The summed E-state index contributed by atoms with van der Waals surface area (Å²) in [7, 11) is 1.57. The second-order valence-electron chi connectivity index (χ2n) is 8.00. The van der Waals surface area contributed by atoms with E-state index in [9.17, 15) is 9.90 Å². The summed E-state index contributed by atoms with van der Waals surface area (Å²) >= 11 is 5.69. The van der Waals surface area contributed by atoms with Crippen molar-refractivity contribution in [2.45, 2.75) is 32.4 Å². The van der Waals surface area contributed by atoms with Crippen LogP contribution in [0.3, 0.4) is 0 Å². The molecule has 0 aliphatic rings. The van der Waals surface area contributed by atoms with Crippen LogP contribution in [-0.4, -0.2) is 27.6 Å². The highest BCUT2D eigenvalue weighted by molar-refractivity contribution is 6.17. The molecule has 0 amide bonds. The zero-order valence-electron chi connectivity index (χ0n) is 19.9. The first-order valence-electron chi connectivity index (χ1n) is 11.5. The van der Waals surface area contributed by atoms with Crippen LogP contribution in [0.25, 0.3) is 12.2 Å². The zero-order valence-corrected chi connectivity index (χ0v) is 20.6. The van der Waals surface area contributed by atoms with Gasteiger partial charge in [-0.1, -0.05) is 36.4 Å². The number of aromatic hydroxyl groups is 1. The van der Waals surface area contributed by atoms with Crippen LogP contribution in [0.1, 0.15) is 34.9 Å². The molecule has 4 rings (SSSR count). The third-order valence-electron chi connectivity index (χ3n) is 5.48. The third-order valence-corrected chi connectivity index (χ3v) is 5.75. The van der Waals surface area contributed by atoms with Crippen molar-refractivity contribution in [1.29, 1.82) is 0 Å². The van der Waals surface area contributed by atoms with Gasteiger partial charge in [-0.15, -0.1) is 11.6 Å².